The largest absolute Gasteiger partial charge is 0.354 e. The number of benzene rings is 2. The molecule has 0 spiro atoms. The van der Waals surface area contributed by atoms with E-state index >= 15 is 0 Å². The standard InChI is InChI=1S/C21H19N3O2/c1-15(25)17-7-9-18(10-8-17)24-19-11-12-20(22-14-19)21(26)23-13-16-5-3-2-4-6-16/h2-12,14,24H,13H2,1H3,(H,23,26). The lowest BCUT2D eigenvalue weighted by Gasteiger charge is -2.08. The maximum Gasteiger partial charge on any atom is 0.270 e. The number of Topliss-reactive ketones (excluding diaryl/α,β-unsaturated/α-hetero) is 1. The van der Waals surface area contributed by atoms with Crippen LogP contribution < -0.4 is 10.6 Å². The van der Waals surface area contributed by atoms with Crippen LogP contribution in [0.5, 0.6) is 0 Å². The molecular weight excluding hydrogens is 326 g/mol. The van der Waals surface area contributed by atoms with Gasteiger partial charge >= 0.3 is 0 Å². The smallest absolute Gasteiger partial charge is 0.270 e. The van der Waals surface area contributed by atoms with Crippen molar-refractivity contribution in [3.8, 4) is 0 Å². The van der Waals surface area contributed by atoms with Crippen LogP contribution in [0, 0.1) is 0 Å². The lowest BCUT2D eigenvalue weighted by Crippen LogP contribution is -2.23. The molecule has 2 aromatic carbocycles. The van der Waals surface area contributed by atoms with E-state index in [-0.39, 0.29) is 11.7 Å². The Labute approximate surface area is 152 Å². The summed E-state index contributed by atoms with van der Waals surface area (Å²) in [6.07, 6.45) is 1.61. The predicted octanol–water partition coefficient (Wildman–Crippen LogP) is 3.96. The van der Waals surface area contributed by atoms with Gasteiger partial charge < -0.3 is 10.6 Å². The summed E-state index contributed by atoms with van der Waals surface area (Å²) in [5, 5.41) is 6.04. The third kappa shape index (κ3) is 4.54. The minimum atomic E-state index is -0.216. The van der Waals surface area contributed by atoms with E-state index in [1.807, 2.05) is 42.5 Å². The second kappa shape index (κ2) is 8.07. The van der Waals surface area contributed by atoms with Crippen LogP contribution in [0.4, 0.5) is 11.4 Å². The first kappa shape index (κ1) is 17.4. The Morgan fingerprint density at radius 1 is 0.885 bits per heavy atom. The highest BCUT2D eigenvalue weighted by Crippen LogP contribution is 2.17. The number of aromatic nitrogens is 1. The van der Waals surface area contributed by atoms with Gasteiger partial charge in [-0.2, -0.15) is 0 Å². The number of ketones is 1. The number of nitrogens with one attached hydrogen (secondary N) is 2. The molecule has 26 heavy (non-hydrogen) atoms. The van der Waals surface area contributed by atoms with Gasteiger partial charge in [0.15, 0.2) is 5.78 Å². The number of hydrogen-bond acceptors (Lipinski definition) is 4. The van der Waals surface area contributed by atoms with Crippen molar-refractivity contribution < 1.29 is 9.59 Å². The van der Waals surface area contributed by atoms with Gasteiger partial charge in [0, 0.05) is 17.8 Å². The molecule has 0 aliphatic heterocycles. The molecular formula is C21H19N3O2. The van der Waals surface area contributed by atoms with E-state index in [2.05, 4.69) is 15.6 Å². The number of nitrogens with zero attached hydrogens (tertiary/aromatic N) is 1. The Morgan fingerprint density at radius 2 is 1.58 bits per heavy atom. The van der Waals surface area contributed by atoms with Gasteiger partial charge in [-0.25, -0.2) is 4.98 Å². The molecule has 0 aliphatic carbocycles. The average Bonchev–Trinajstić information content (AvgIpc) is 2.68. The van der Waals surface area contributed by atoms with Crippen molar-refractivity contribution in [2.75, 3.05) is 5.32 Å². The van der Waals surface area contributed by atoms with Crippen molar-refractivity contribution in [2.45, 2.75) is 13.5 Å². The highest BCUT2D eigenvalue weighted by Gasteiger charge is 2.07. The van der Waals surface area contributed by atoms with Crippen molar-refractivity contribution >= 4 is 23.1 Å². The van der Waals surface area contributed by atoms with Crippen LogP contribution in [-0.4, -0.2) is 16.7 Å². The monoisotopic (exact) mass is 345 g/mol. The van der Waals surface area contributed by atoms with Crippen LogP contribution in [0.1, 0.15) is 33.3 Å². The molecule has 0 saturated carbocycles. The highest BCUT2D eigenvalue weighted by atomic mass is 16.1. The third-order valence-electron chi connectivity index (χ3n) is 3.87. The summed E-state index contributed by atoms with van der Waals surface area (Å²) in [4.78, 5) is 27.7. The van der Waals surface area contributed by atoms with Crippen LogP contribution in [0.2, 0.25) is 0 Å². The minimum Gasteiger partial charge on any atom is -0.354 e. The lowest BCUT2D eigenvalue weighted by molar-refractivity contribution is 0.0945. The van der Waals surface area contributed by atoms with Crippen LogP contribution >= 0.6 is 0 Å². The van der Waals surface area contributed by atoms with Crippen LogP contribution in [0.15, 0.2) is 72.9 Å². The summed E-state index contributed by atoms with van der Waals surface area (Å²) in [6.45, 7) is 2.00. The van der Waals surface area contributed by atoms with Crippen LogP contribution in [0.3, 0.4) is 0 Å². The molecule has 3 rings (SSSR count). The fourth-order valence-electron chi connectivity index (χ4n) is 2.43. The molecule has 3 aromatic rings. The molecule has 5 nitrogen and oxygen atoms in total. The number of anilines is 2. The number of hydrogen-bond donors (Lipinski definition) is 2. The van der Waals surface area contributed by atoms with Gasteiger partial charge in [0.05, 0.1) is 11.9 Å². The number of pyridine rings is 1. The second-order valence-corrected chi connectivity index (χ2v) is 5.86. The second-order valence-electron chi connectivity index (χ2n) is 5.86. The molecule has 0 fully saturated rings. The van der Waals surface area contributed by atoms with Gasteiger partial charge in [0.1, 0.15) is 5.69 Å². The Bertz CT molecular complexity index is 889. The quantitative estimate of drug-likeness (QED) is 0.664. The van der Waals surface area contributed by atoms with Gasteiger partial charge in [-0.15, -0.1) is 0 Å². The number of rotatable bonds is 6. The normalized spacial score (nSPS) is 10.2. The average molecular weight is 345 g/mol. The molecule has 130 valence electrons. The SMILES string of the molecule is CC(=O)c1ccc(Nc2ccc(C(=O)NCc3ccccc3)nc2)cc1. The molecule has 0 unspecified atom stereocenters. The maximum atomic E-state index is 12.2. The Hall–Kier alpha value is -3.47. The Balaban J connectivity index is 1.59. The van der Waals surface area contributed by atoms with Crippen molar-refractivity contribution in [1.82, 2.24) is 10.3 Å². The molecule has 0 bridgehead atoms. The lowest BCUT2D eigenvalue weighted by atomic mass is 10.1. The Kier molecular flexibility index (Phi) is 5.39. The fraction of sp³-hybridized carbons (Fsp3) is 0.0952. The van der Waals surface area contributed by atoms with E-state index in [9.17, 15) is 9.59 Å². The summed E-state index contributed by atoms with van der Waals surface area (Å²) >= 11 is 0. The third-order valence-corrected chi connectivity index (χ3v) is 3.87. The van der Waals surface area contributed by atoms with E-state index in [1.165, 1.54) is 6.92 Å². The highest BCUT2D eigenvalue weighted by molar-refractivity contribution is 5.94. The molecule has 0 saturated heterocycles. The van der Waals surface area contributed by atoms with Crippen LogP contribution in [0.25, 0.3) is 0 Å². The van der Waals surface area contributed by atoms with E-state index in [0.717, 1.165) is 16.9 Å². The number of amides is 1. The number of carbonyl (C=O) groups is 2. The predicted molar refractivity (Wildman–Crippen MR) is 102 cm³/mol. The van der Waals surface area contributed by atoms with Crippen molar-refractivity contribution in [1.29, 1.82) is 0 Å². The first-order chi connectivity index (χ1) is 12.6. The maximum absolute atomic E-state index is 12.2. The van der Waals surface area contributed by atoms with E-state index in [1.54, 1.807) is 30.5 Å². The number of carbonyl (C=O) groups excluding carboxylic acids is 2. The van der Waals surface area contributed by atoms with E-state index < -0.39 is 0 Å². The van der Waals surface area contributed by atoms with Gasteiger partial charge in [-0.05, 0) is 48.9 Å². The molecule has 0 radical (unpaired) electrons. The topological polar surface area (TPSA) is 71.1 Å². The van der Waals surface area contributed by atoms with Gasteiger partial charge in [-0.1, -0.05) is 30.3 Å². The van der Waals surface area contributed by atoms with Crippen molar-refractivity contribution in [2.24, 2.45) is 0 Å². The molecule has 0 atom stereocenters. The first-order valence-electron chi connectivity index (χ1n) is 8.28. The van der Waals surface area contributed by atoms with Gasteiger partial charge in [-0.3, -0.25) is 9.59 Å². The van der Waals surface area contributed by atoms with Crippen molar-refractivity contribution in [3.63, 3.8) is 0 Å². The molecule has 2 N–H and O–H groups in total. The molecule has 5 heteroatoms. The first-order valence-corrected chi connectivity index (χ1v) is 8.28. The minimum absolute atomic E-state index is 0.0316. The summed E-state index contributed by atoms with van der Waals surface area (Å²) < 4.78 is 0. The van der Waals surface area contributed by atoms with E-state index in [0.29, 0.717) is 17.8 Å². The van der Waals surface area contributed by atoms with Crippen LogP contribution in [-0.2, 0) is 6.54 Å². The van der Waals surface area contributed by atoms with E-state index in [4.69, 9.17) is 0 Å². The van der Waals surface area contributed by atoms with Gasteiger partial charge in [0.2, 0.25) is 0 Å². The van der Waals surface area contributed by atoms with Crippen molar-refractivity contribution in [3.05, 3.63) is 89.7 Å². The molecule has 1 amide bonds. The summed E-state index contributed by atoms with van der Waals surface area (Å²) in [7, 11) is 0. The zero-order chi connectivity index (χ0) is 18.4. The zero-order valence-electron chi connectivity index (χ0n) is 14.4. The molecule has 0 aliphatic rings. The summed E-state index contributed by atoms with van der Waals surface area (Å²) in [5.74, 6) is -0.185. The fourth-order valence-corrected chi connectivity index (χ4v) is 2.43. The summed E-state index contributed by atoms with van der Waals surface area (Å²) in [5.41, 5.74) is 3.67. The summed E-state index contributed by atoms with van der Waals surface area (Å²) in [6, 6.07) is 20.4. The Morgan fingerprint density at radius 3 is 2.19 bits per heavy atom. The molecule has 1 aromatic heterocycles. The van der Waals surface area contributed by atoms with Gasteiger partial charge in [0.25, 0.3) is 5.91 Å². The molecule has 1 heterocycles. The zero-order valence-corrected chi connectivity index (χ0v) is 14.4.